The van der Waals surface area contributed by atoms with Crippen molar-refractivity contribution in [2.24, 2.45) is 0 Å². The Labute approximate surface area is 80.4 Å². The Hall–Kier alpha value is -0.0500. The van der Waals surface area contributed by atoms with Crippen molar-refractivity contribution in [2.45, 2.75) is 25.4 Å². The van der Waals surface area contributed by atoms with Crippen molar-refractivity contribution in [2.75, 3.05) is 19.6 Å². The summed E-state index contributed by atoms with van der Waals surface area (Å²) in [5, 5.41) is 3.40. The molecule has 12 heavy (non-hydrogen) atoms. The Morgan fingerprint density at radius 1 is 1.50 bits per heavy atom. The van der Waals surface area contributed by atoms with Gasteiger partial charge in [0, 0.05) is 31.7 Å². The first kappa shape index (κ1) is 10.0. The van der Waals surface area contributed by atoms with E-state index in [9.17, 15) is 0 Å². The lowest BCUT2D eigenvalue weighted by Gasteiger charge is -2.40. The van der Waals surface area contributed by atoms with E-state index in [2.05, 4.69) is 29.3 Å². The van der Waals surface area contributed by atoms with Crippen LogP contribution < -0.4 is 5.32 Å². The molecule has 1 heterocycles. The van der Waals surface area contributed by atoms with Crippen molar-refractivity contribution in [3.8, 4) is 0 Å². The van der Waals surface area contributed by atoms with Crippen LogP contribution in [0.2, 0.25) is 0 Å². The zero-order valence-electron chi connectivity index (χ0n) is 7.49. The summed E-state index contributed by atoms with van der Waals surface area (Å²) in [4.78, 5) is 2.59. The summed E-state index contributed by atoms with van der Waals surface area (Å²) in [6.45, 7) is 5.84. The summed E-state index contributed by atoms with van der Waals surface area (Å²) in [5.74, 6) is 0. The molecule has 70 valence electrons. The van der Waals surface area contributed by atoms with E-state index in [1.807, 2.05) is 0 Å². The molecule has 0 aromatic rings. The summed E-state index contributed by atoms with van der Waals surface area (Å²) in [7, 11) is 0. The number of rotatable bonds is 1. The molecule has 1 saturated heterocycles. The first-order valence-corrected chi connectivity index (χ1v) is 4.51. The maximum Gasteiger partial charge on any atom is 0.0316 e. The normalized spacial score (nSPS) is 35.4. The van der Waals surface area contributed by atoms with E-state index in [1.54, 1.807) is 0 Å². The molecule has 0 amide bonds. The van der Waals surface area contributed by atoms with E-state index in [0.717, 1.165) is 25.2 Å². The molecule has 1 fully saturated rings. The van der Waals surface area contributed by atoms with Crippen LogP contribution in [0.15, 0.2) is 12.2 Å². The van der Waals surface area contributed by atoms with Gasteiger partial charge >= 0.3 is 0 Å². The van der Waals surface area contributed by atoms with Crippen molar-refractivity contribution >= 4 is 12.4 Å². The first-order chi connectivity index (χ1) is 5.38. The van der Waals surface area contributed by atoms with Crippen molar-refractivity contribution in [1.82, 2.24) is 10.2 Å². The van der Waals surface area contributed by atoms with Gasteiger partial charge < -0.3 is 5.32 Å². The maximum atomic E-state index is 3.40. The second-order valence-corrected chi connectivity index (χ2v) is 3.52. The van der Waals surface area contributed by atoms with Gasteiger partial charge in [-0.15, -0.1) is 12.4 Å². The molecule has 0 saturated carbocycles. The Balaban J connectivity index is 0.000000720. The van der Waals surface area contributed by atoms with Crippen molar-refractivity contribution in [1.29, 1.82) is 0 Å². The van der Waals surface area contributed by atoms with E-state index in [4.69, 9.17) is 0 Å². The standard InChI is InChI=1S/C9H16N2.ClH/c1-8-7-10-5-6-11(8)9-3-2-4-9;/h2-3,8-10H,4-7H2,1H3;1H/t8-,9?;/m1./s1. The zero-order valence-corrected chi connectivity index (χ0v) is 8.31. The van der Waals surface area contributed by atoms with Crippen molar-refractivity contribution < 1.29 is 0 Å². The van der Waals surface area contributed by atoms with Gasteiger partial charge in [0.1, 0.15) is 0 Å². The third-order valence-corrected chi connectivity index (χ3v) is 2.71. The predicted molar refractivity (Wildman–Crippen MR) is 53.8 cm³/mol. The molecule has 0 aromatic carbocycles. The number of halogens is 1. The van der Waals surface area contributed by atoms with Gasteiger partial charge in [0.2, 0.25) is 0 Å². The third-order valence-electron chi connectivity index (χ3n) is 2.71. The molecular weight excluding hydrogens is 172 g/mol. The minimum atomic E-state index is 0. The minimum absolute atomic E-state index is 0. The summed E-state index contributed by atoms with van der Waals surface area (Å²) in [6.07, 6.45) is 5.85. The molecule has 1 aliphatic heterocycles. The molecular formula is C9H17ClN2. The van der Waals surface area contributed by atoms with Crippen LogP contribution in [0.25, 0.3) is 0 Å². The van der Waals surface area contributed by atoms with Gasteiger partial charge in [-0.2, -0.15) is 0 Å². The molecule has 0 radical (unpaired) electrons. The second kappa shape index (κ2) is 4.26. The van der Waals surface area contributed by atoms with Crippen LogP contribution in [0, 0.1) is 0 Å². The molecule has 0 bridgehead atoms. The molecule has 1 unspecified atom stereocenters. The summed E-state index contributed by atoms with van der Waals surface area (Å²) in [6, 6.07) is 1.48. The van der Waals surface area contributed by atoms with Crippen LogP contribution in [0.3, 0.4) is 0 Å². The van der Waals surface area contributed by atoms with Gasteiger partial charge in [-0.05, 0) is 13.3 Å². The zero-order chi connectivity index (χ0) is 7.68. The number of hydrogen-bond acceptors (Lipinski definition) is 2. The first-order valence-electron chi connectivity index (χ1n) is 4.51. The van der Waals surface area contributed by atoms with E-state index in [0.29, 0.717) is 0 Å². The van der Waals surface area contributed by atoms with Crippen LogP contribution in [-0.2, 0) is 0 Å². The van der Waals surface area contributed by atoms with Crippen LogP contribution >= 0.6 is 12.4 Å². The Kier molecular flexibility index (Phi) is 3.56. The fourth-order valence-corrected chi connectivity index (χ4v) is 1.85. The summed E-state index contributed by atoms with van der Waals surface area (Å²) >= 11 is 0. The summed E-state index contributed by atoms with van der Waals surface area (Å²) in [5.41, 5.74) is 0. The number of nitrogens with zero attached hydrogens (tertiary/aromatic N) is 1. The molecule has 0 spiro atoms. The van der Waals surface area contributed by atoms with E-state index in [-0.39, 0.29) is 12.4 Å². The quantitative estimate of drug-likeness (QED) is 0.619. The van der Waals surface area contributed by atoms with Gasteiger partial charge in [0.25, 0.3) is 0 Å². The fourth-order valence-electron chi connectivity index (χ4n) is 1.85. The van der Waals surface area contributed by atoms with Gasteiger partial charge in [0.05, 0.1) is 0 Å². The highest BCUT2D eigenvalue weighted by atomic mass is 35.5. The highest BCUT2D eigenvalue weighted by Crippen LogP contribution is 2.19. The van der Waals surface area contributed by atoms with Crippen molar-refractivity contribution in [3.63, 3.8) is 0 Å². The largest absolute Gasteiger partial charge is 0.314 e. The average molecular weight is 189 g/mol. The van der Waals surface area contributed by atoms with Gasteiger partial charge in [-0.1, -0.05) is 12.2 Å². The number of nitrogens with one attached hydrogen (secondary N) is 1. The second-order valence-electron chi connectivity index (χ2n) is 3.52. The maximum absolute atomic E-state index is 3.40. The molecule has 1 N–H and O–H groups in total. The topological polar surface area (TPSA) is 15.3 Å². The van der Waals surface area contributed by atoms with E-state index in [1.165, 1.54) is 13.0 Å². The Morgan fingerprint density at radius 2 is 2.25 bits per heavy atom. The fraction of sp³-hybridized carbons (Fsp3) is 0.778. The molecule has 0 aromatic heterocycles. The molecule has 2 nitrogen and oxygen atoms in total. The van der Waals surface area contributed by atoms with E-state index >= 15 is 0 Å². The van der Waals surface area contributed by atoms with Gasteiger partial charge in [-0.3, -0.25) is 4.90 Å². The lowest BCUT2D eigenvalue weighted by Crippen LogP contribution is -2.54. The Morgan fingerprint density at radius 3 is 2.75 bits per heavy atom. The third kappa shape index (κ3) is 1.82. The molecule has 2 rings (SSSR count). The highest BCUT2D eigenvalue weighted by Gasteiger charge is 2.25. The smallest absolute Gasteiger partial charge is 0.0316 e. The lowest BCUT2D eigenvalue weighted by atomic mass is 9.99. The number of hydrogen-bond donors (Lipinski definition) is 1. The molecule has 3 heteroatoms. The van der Waals surface area contributed by atoms with Gasteiger partial charge in [0.15, 0.2) is 0 Å². The number of piperazine rings is 1. The Bertz CT molecular complexity index is 170. The molecule has 2 atom stereocenters. The molecule has 2 aliphatic rings. The average Bonchev–Trinajstić information content (AvgIpc) is 1.90. The van der Waals surface area contributed by atoms with Crippen LogP contribution in [0.5, 0.6) is 0 Å². The minimum Gasteiger partial charge on any atom is -0.314 e. The van der Waals surface area contributed by atoms with Crippen LogP contribution in [0.1, 0.15) is 13.3 Å². The van der Waals surface area contributed by atoms with E-state index < -0.39 is 0 Å². The predicted octanol–water partition coefficient (Wildman–Crippen LogP) is 1.03. The highest BCUT2D eigenvalue weighted by molar-refractivity contribution is 5.85. The van der Waals surface area contributed by atoms with Gasteiger partial charge in [-0.25, -0.2) is 0 Å². The van der Waals surface area contributed by atoms with Crippen LogP contribution in [0.4, 0.5) is 0 Å². The van der Waals surface area contributed by atoms with Crippen LogP contribution in [-0.4, -0.2) is 36.6 Å². The molecule has 1 aliphatic carbocycles. The van der Waals surface area contributed by atoms with Crippen molar-refractivity contribution in [3.05, 3.63) is 12.2 Å². The summed E-state index contributed by atoms with van der Waals surface area (Å²) < 4.78 is 0. The lowest BCUT2D eigenvalue weighted by molar-refractivity contribution is 0.133. The SMILES string of the molecule is C[C@@H]1CNCCN1C1C=CC1.Cl. The monoisotopic (exact) mass is 188 g/mol.